The lowest BCUT2D eigenvalue weighted by atomic mass is 10.0. The van der Waals surface area contributed by atoms with Gasteiger partial charge in [0.15, 0.2) is 5.82 Å². The van der Waals surface area contributed by atoms with E-state index in [9.17, 15) is 4.79 Å². The zero-order valence-electron chi connectivity index (χ0n) is 10.2. The number of hydrogen-bond acceptors (Lipinski definition) is 4. The predicted octanol–water partition coefficient (Wildman–Crippen LogP) is 0.802. The highest BCUT2D eigenvalue weighted by molar-refractivity contribution is 5.34. The van der Waals surface area contributed by atoms with Crippen molar-refractivity contribution < 1.29 is 0 Å². The Morgan fingerprint density at radius 2 is 2.25 bits per heavy atom. The second kappa shape index (κ2) is 5.12. The van der Waals surface area contributed by atoms with Crippen LogP contribution in [0.25, 0.3) is 0 Å². The first-order chi connectivity index (χ1) is 7.50. The molecule has 0 aliphatic carbocycles. The summed E-state index contributed by atoms with van der Waals surface area (Å²) in [5.41, 5.74) is 5.22. The van der Waals surface area contributed by atoms with Crippen LogP contribution in [0.5, 0.6) is 0 Å². The lowest BCUT2D eigenvalue weighted by Gasteiger charge is -2.25. The molecule has 1 rings (SSSR count). The molecule has 0 aromatic carbocycles. The van der Waals surface area contributed by atoms with Crippen LogP contribution in [0.15, 0.2) is 17.2 Å². The average molecular weight is 224 g/mol. The van der Waals surface area contributed by atoms with Crippen LogP contribution in [0.3, 0.4) is 0 Å². The van der Waals surface area contributed by atoms with Crippen molar-refractivity contribution in [1.29, 1.82) is 0 Å². The normalized spacial score (nSPS) is 11.5. The Hall–Kier alpha value is -1.36. The summed E-state index contributed by atoms with van der Waals surface area (Å²) in [5, 5.41) is 3.14. The molecule has 1 heterocycles. The van der Waals surface area contributed by atoms with E-state index in [4.69, 9.17) is 5.73 Å². The molecule has 5 heteroatoms. The van der Waals surface area contributed by atoms with Crippen molar-refractivity contribution in [2.24, 2.45) is 5.73 Å². The molecule has 5 nitrogen and oxygen atoms in total. The van der Waals surface area contributed by atoms with Crippen molar-refractivity contribution in [3.8, 4) is 0 Å². The largest absolute Gasteiger partial charge is 0.361 e. The second-order valence-electron chi connectivity index (χ2n) is 4.41. The molecule has 0 aliphatic rings. The fraction of sp³-hybridized carbons (Fsp3) is 0.636. The van der Waals surface area contributed by atoms with Gasteiger partial charge in [-0.15, -0.1) is 0 Å². The highest BCUT2D eigenvalue weighted by atomic mass is 16.1. The summed E-state index contributed by atoms with van der Waals surface area (Å²) in [4.78, 5) is 16.0. The smallest absolute Gasteiger partial charge is 0.293 e. The number of nitrogens with two attached hydrogens (primary N) is 1. The van der Waals surface area contributed by atoms with Gasteiger partial charge in [-0.05, 0) is 33.7 Å². The Morgan fingerprint density at radius 1 is 1.56 bits per heavy atom. The molecule has 0 saturated heterocycles. The molecule has 0 amide bonds. The molecule has 0 fully saturated rings. The lowest BCUT2D eigenvalue weighted by Crippen LogP contribution is -2.37. The summed E-state index contributed by atoms with van der Waals surface area (Å²) in [6.07, 6.45) is 4.10. The van der Waals surface area contributed by atoms with Gasteiger partial charge in [-0.3, -0.25) is 4.79 Å². The molecule has 3 N–H and O–H groups in total. The van der Waals surface area contributed by atoms with Gasteiger partial charge in [0.25, 0.3) is 5.56 Å². The summed E-state index contributed by atoms with van der Waals surface area (Å²) < 4.78 is 1.62. The molecule has 0 radical (unpaired) electrons. The molecule has 0 aliphatic heterocycles. The number of hydrogen-bond donors (Lipinski definition) is 2. The molecule has 0 saturated carbocycles. The van der Waals surface area contributed by atoms with Gasteiger partial charge in [0.05, 0.1) is 0 Å². The number of anilines is 1. The third kappa shape index (κ3) is 3.06. The van der Waals surface area contributed by atoms with Crippen LogP contribution in [0.4, 0.5) is 5.82 Å². The molecular formula is C11H20N4O. The van der Waals surface area contributed by atoms with E-state index >= 15 is 0 Å². The summed E-state index contributed by atoms with van der Waals surface area (Å²) in [5.74, 6) is 0.391. The van der Waals surface area contributed by atoms with E-state index < -0.39 is 0 Å². The van der Waals surface area contributed by atoms with Gasteiger partial charge in [0.1, 0.15) is 0 Å². The monoisotopic (exact) mass is 224 g/mol. The molecule has 0 unspecified atom stereocenters. The standard InChI is InChI=1S/C11H20N4O/c1-4-15-8-7-13-9(10(15)16)14-11(2,3)5-6-12/h7-8H,4-6,12H2,1-3H3,(H,13,14). The zero-order chi connectivity index (χ0) is 12.2. The van der Waals surface area contributed by atoms with E-state index in [1.54, 1.807) is 17.0 Å². The molecule has 0 atom stereocenters. The maximum Gasteiger partial charge on any atom is 0.293 e. The average Bonchev–Trinajstić information content (AvgIpc) is 2.21. The van der Waals surface area contributed by atoms with Gasteiger partial charge in [-0.1, -0.05) is 0 Å². The van der Waals surface area contributed by atoms with Crippen LogP contribution in [0.1, 0.15) is 27.2 Å². The van der Waals surface area contributed by atoms with Gasteiger partial charge in [0, 0.05) is 24.5 Å². The van der Waals surface area contributed by atoms with Crippen LogP contribution in [0, 0.1) is 0 Å². The van der Waals surface area contributed by atoms with E-state index in [0.717, 1.165) is 6.42 Å². The van der Waals surface area contributed by atoms with E-state index in [2.05, 4.69) is 10.3 Å². The highest BCUT2D eigenvalue weighted by Crippen LogP contribution is 2.12. The van der Waals surface area contributed by atoms with Gasteiger partial charge in [-0.25, -0.2) is 4.98 Å². The number of aryl methyl sites for hydroxylation is 1. The fourth-order valence-electron chi connectivity index (χ4n) is 1.53. The quantitative estimate of drug-likeness (QED) is 0.776. The van der Waals surface area contributed by atoms with Crippen molar-refractivity contribution in [2.45, 2.75) is 39.3 Å². The Labute approximate surface area is 95.7 Å². The van der Waals surface area contributed by atoms with E-state index in [1.807, 2.05) is 20.8 Å². The Bertz CT molecular complexity index is 397. The van der Waals surface area contributed by atoms with Crippen LogP contribution >= 0.6 is 0 Å². The summed E-state index contributed by atoms with van der Waals surface area (Å²) >= 11 is 0. The number of rotatable bonds is 5. The molecular weight excluding hydrogens is 204 g/mol. The maximum atomic E-state index is 11.9. The van der Waals surface area contributed by atoms with Crippen LogP contribution in [-0.2, 0) is 6.54 Å². The van der Waals surface area contributed by atoms with Crippen LogP contribution in [-0.4, -0.2) is 21.6 Å². The number of aromatic nitrogens is 2. The predicted molar refractivity (Wildman–Crippen MR) is 65.5 cm³/mol. The molecule has 1 aromatic heterocycles. The Balaban J connectivity index is 2.94. The van der Waals surface area contributed by atoms with E-state index in [0.29, 0.717) is 18.9 Å². The van der Waals surface area contributed by atoms with Gasteiger partial charge in [0.2, 0.25) is 0 Å². The van der Waals surface area contributed by atoms with Gasteiger partial charge in [-0.2, -0.15) is 0 Å². The molecule has 0 bridgehead atoms. The first kappa shape index (κ1) is 12.7. The van der Waals surface area contributed by atoms with Crippen molar-refractivity contribution >= 4 is 5.82 Å². The van der Waals surface area contributed by atoms with Crippen molar-refractivity contribution in [1.82, 2.24) is 9.55 Å². The third-order valence-corrected chi connectivity index (χ3v) is 2.48. The SMILES string of the molecule is CCn1ccnc(NC(C)(C)CCN)c1=O. The van der Waals surface area contributed by atoms with Crippen molar-refractivity contribution in [3.63, 3.8) is 0 Å². The summed E-state index contributed by atoms with van der Waals surface area (Å²) in [6, 6.07) is 0. The number of nitrogens with one attached hydrogen (secondary N) is 1. The minimum absolute atomic E-state index is 0.0879. The van der Waals surface area contributed by atoms with Crippen molar-refractivity contribution in [3.05, 3.63) is 22.7 Å². The molecule has 16 heavy (non-hydrogen) atoms. The first-order valence-corrected chi connectivity index (χ1v) is 5.54. The van der Waals surface area contributed by atoms with Crippen molar-refractivity contribution in [2.75, 3.05) is 11.9 Å². The van der Waals surface area contributed by atoms with Gasteiger partial charge >= 0.3 is 0 Å². The van der Waals surface area contributed by atoms with Crippen LogP contribution in [0.2, 0.25) is 0 Å². The summed E-state index contributed by atoms with van der Waals surface area (Å²) in [7, 11) is 0. The zero-order valence-corrected chi connectivity index (χ0v) is 10.2. The minimum Gasteiger partial charge on any atom is -0.361 e. The number of nitrogens with zero attached hydrogens (tertiary/aromatic N) is 2. The minimum atomic E-state index is -0.214. The Kier molecular flexibility index (Phi) is 4.06. The second-order valence-corrected chi connectivity index (χ2v) is 4.41. The van der Waals surface area contributed by atoms with Gasteiger partial charge < -0.3 is 15.6 Å². The van der Waals surface area contributed by atoms with E-state index in [1.165, 1.54) is 0 Å². The Morgan fingerprint density at radius 3 is 2.81 bits per heavy atom. The van der Waals surface area contributed by atoms with E-state index in [-0.39, 0.29) is 11.1 Å². The first-order valence-electron chi connectivity index (χ1n) is 5.54. The topological polar surface area (TPSA) is 72.9 Å². The fourth-order valence-corrected chi connectivity index (χ4v) is 1.53. The lowest BCUT2D eigenvalue weighted by molar-refractivity contribution is 0.522. The third-order valence-electron chi connectivity index (χ3n) is 2.48. The molecule has 90 valence electrons. The van der Waals surface area contributed by atoms with Crippen LogP contribution < -0.4 is 16.6 Å². The summed E-state index contributed by atoms with van der Waals surface area (Å²) in [6.45, 7) is 7.16. The highest BCUT2D eigenvalue weighted by Gasteiger charge is 2.18. The maximum absolute atomic E-state index is 11.9. The molecule has 0 spiro atoms. The molecule has 1 aromatic rings.